The fraction of sp³-hybridized carbons (Fsp3) is 0.727. The molecule has 0 N–H and O–H groups in total. The van der Waals surface area contributed by atoms with Crippen LogP contribution in [0.25, 0.3) is 10.9 Å². The summed E-state index contributed by atoms with van der Waals surface area (Å²) in [7, 11) is -12.7. The van der Waals surface area contributed by atoms with E-state index in [1.54, 1.807) is 14.7 Å². The molecule has 1 aromatic heterocycles. The normalized spacial score (nSPS) is 20.0. The minimum atomic E-state index is -4.25. The summed E-state index contributed by atoms with van der Waals surface area (Å²) in [6.07, 6.45) is 3.23. The van der Waals surface area contributed by atoms with E-state index >= 15 is 0 Å². The zero-order valence-electron chi connectivity index (χ0n) is 30.6. The van der Waals surface area contributed by atoms with Gasteiger partial charge in [0, 0.05) is 91.6 Å². The molecule has 3 unspecified atom stereocenters. The maximum Gasteiger partial charge on any atom is 0.148 e. The zero-order chi connectivity index (χ0) is 36.5. The van der Waals surface area contributed by atoms with E-state index in [-0.39, 0.29) is 97.6 Å². The number of fused-ring (bicyclic) bond motifs is 1. The first-order chi connectivity index (χ1) is 23.8. The first-order valence-corrected chi connectivity index (χ1v) is 23.0. The predicted octanol–water partition coefficient (Wildman–Crippen LogP) is 3.74. The van der Waals surface area contributed by atoms with Crippen LogP contribution in [0.2, 0.25) is 0 Å². The summed E-state index contributed by atoms with van der Waals surface area (Å²) in [6.45, 7) is 9.17. The Morgan fingerprint density at radius 1 is 0.647 bits per heavy atom. The van der Waals surface area contributed by atoms with Gasteiger partial charge in [0.1, 0.15) is 22.8 Å². The molecule has 2 aromatic rings. The minimum Gasteiger partial charge on any atom is -0.778 e. The molecule has 1 aliphatic heterocycles. The molecule has 0 spiro atoms. The maximum absolute atomic E-state index is 13.0. The summed E-state index contributed by atoms with van der Waals surface area (Å²) >= 11 is 0. The Bertz CT molecular complexity index is 1380. The Labute approximate surface area is 330 Å². The van der Waals surface area contributed by atoms with Crippen LogP contribution in [-0.2, 0) is 66.5 Å². The summed E-state index contributed by atoms with van der Waals surface area (Å²) in [5, 5.41) is 0.966. The van der Waals surface area contributed by atoms with Gasteiger partial charge in [0.15, 0.2) is 0 Å². The number of pyridine rings is 1. The molecule has 0 saturated carbocycles. The van der Waals surface area contributed by atoms with Crippen molar-refractivity contribution in [1.82, 2.24) is 24.6 Å². The van der Waals surface area contributed by atoms with Crippen LogP contribution in [0.15, 0.2) is 30.3 Å². The number of hydrogen-bond acceptors (Lipinski definition) is 14. The van der Waals surface area contributed by atoms with E-state index in [4.69, 9.17) is 18.6 Å². The van der Waals surface area contributed by atoms with Crippen molar-refractivity contribution in [3.63, 3.8) is 0 Å². The van der Waals surface area contributed by atoms with Gasteiger partial charge in [0.2, 0.25) is 0 Å². The van der Waals surface area contributed by atoms with Crippen LogP contribution in [0.1, 0.15) is 65.0 Å². The van der Waals surface area contributed by atoms with Gasteiger partial charge in [0.05, 0.1) is 44.4 Å². The largest absolute Gasteiger partial charge is 0.778 e. The molecule has 0 aliphatic carbocycles. The van der Waals surface area contributed by atoms with Crippen LogP contribution in [0, 0.1) is 6.07 Å². The van der Waals surface area contributed by atoms with Crippen molar-refractivity contribution < 1.29 is 74.7 Å². The number of benzene rings is 1. The van der Waals surface area contributed by atoms with E-state index in [1.807, 2.05) is 51.1 Å². The van der Waals surface area contributed by atoms with Crippen molar-refractivity contribution in [2.75, 3.05) is 91.0 Å². The maximum atomic E-state index is 13.0. The average Bonchev–Trinajstić information content (AvgIpc) is 3.05. The van der Waals surface area contributed by atoms with Gasteiger partial charge in [-0.05, 0) is 24.8 Å². The van der Waals surface area contributed by atoms with E-state index < -0.39 is 22.8 Å². The topological polar surface area (TPSA) is 174 Å². The van der Waals surface area contributed by atoms with Crippen LogP contribution in [0.3, 0.4) is 0 Å². The van der Waals surface area contributed by atoms with E-state index in [9.17, 15) is 28.4 Å². The fourth-order valence-electron chi connectivity index (χ4n) is 5.43. The number of hydrogen-bond donors (Lipinski definition) is 0. The van der Waals surface area contributed by atoms with Gasteiger partial charge in [0.25, 0.3) is 0 Å². The fourth-order valence-corrected chi connectivity index (χ4v) is 9.21. The van der Waals surface area contributed by atoms with Gasteiger partial charge in [-0.3, -0.25) is 24.6 Å². The van der Waals surface area contributed by atoms with Crippen molar-refractivity contribution in [1.29, 1.82) is 0 Å². The van der Waals surface area contributed by atoms with Crippen LogP contribution in [-0.4, -0.2) is 116 Å². The average molecular weight is 849 g/mol. The summed E-state index contributed by atoms with van der Waals surface area (Å²) in [4.78, 5) is 51.2. The van der Waals surface area contributed by atoms with Crippen LogP contribution in [0.4, 0.5) is 0 Å². The Morgan fingerprint density at radius 2 is 1.04 bits per heavy atom. The Balaban J connectivity index is 0.00000901. The number of aromatic nitrogens is 1. The minimum absolute atomic E-state index is 0. The molecular formula is C33H56N5O9P3Y-4. The van der Waals surface area contributed by atoms with Gasteiger partial charge in [-0.15, -0.1) is 17.5 Å². The molecular weight excluding hydrogens is 792 g/mol. The molecule has 0 bridgehead atoms. The number of rotatable bonds is 20. The summed E-state index contributed by atoms with van der Waals surface area (Å²) < 4.78 is 54.8. The predicted molar refractivity (Wildman–Crippen MR) is 191 cm³/mol. The molecule has 0 amide bonds. The van der Waals surface area contributed by atoms with Gasteiger partial charge in [-0.25, -0.2) is 0 Å². The van der Waals surface area contributed by atoms with Crippen LogP contribution < -0.4 is 14.7 Å². The van der Waals surface area contributed by atoms with Gasteiger partial charge < -0.3 is 41.9 Å². The molecule has 1 saturated heterocycles. The standard InChI is InChI=1S/C33H59N5O9P3.Y/c1-4-7-24-45-48(39,40)28-36-18-16-35(27-32-15-14-31-12-10-11-13-33(31)34-32)17-19-37(29-49(41,42)46-25-8-5-2)21-23-38(22-20-36)30-50(43,44)47-26-9-6-3;/h11-15H,4-9,16-30H2,1-3H3,(H,39,40)(H,41,42)(H,43,44);/q-1;/p-3. The molecule has 289 valence electrons. The monoisotopic (exact) mass is 848 g/mol. The van der Waals surface area contributed by atoms with Crippen molar-refractivity contribution in [3.05, 3.63) is 42.1 Å². The molecule has 3 atom stereocenters. The quantitative estimate of drug-likeness (QED) is 0.107. The molecule has 1 aromatic carbocycles. The molecule has 3 rings (SSSR count). The molecule has 1 radical (unpaired) electrons. The van der Waals surface area contributed by atoms with Gasteiger partial charge >= 0.3 is 0 Å². The van der Waals surface area contributed by atoms with Crippen molar-refractivity contribution in [3.8, 4) is 0 Å². The first-order valence-electron chi connectivity index (χ1n) is 17.8. The molecule has 51 heavy (non-hydrogen) atoms. The number of nitrogens with zero attached hydrogens (tertiary/aromatic N) is 5. The Hall–Kier alpha value is 0.0239. The smallest absolute Gasteiger partial charge is 0.148 e. The molecule has 1 fully saturated rings. The Morgan fingerprint density at radius 3 is 1.43 bits per heavy atom. The van der Waals surface area contributed by atoms with E-state index in [1.165, 1.54) is 0 Å². The SMILES string of the molecule is CCCCOP(=O)([O-])CN1CCN(Cc2ccc3c[c-]ccc3n2)CCN(CP(=O)([O-])OCCCC)CCN(CP(=O)([O-])OCCCC)CC1.[Y]. The molecule has 2 heterocycles. The van der Waals surface area contributed by atoms with Crippen molar-refractivity contribution in [2.24, 2.45) is 0 Å². The van der Waals surface area contributed by atoms with E-state index in [0.29, 0.717) is 52.0 Å². The van der Waals surface area contributed by atoms with Crippen molar-refractivity contribution >= 4 is 33.7 Å². The number of unbranched alkanes of at least 4 members (excludes halogenated alkanes) is 3. The second kappa shape index (κ2) is 24.5. The van der Waals surface area contributed by atoms with E-state index in [0.717, 1.165) is 35.9 Å². The molecule has 14 nitrogen and oxygen atoms in total. The van der Waals surface area contributed by atoms with Gasteiger partial charge in [-0.2, -0.15) is 18.2 Å². The second-order valence-corrected chi connectivity index (χ2v) is 18.2. The van der Waals surface area contributed by atoms with Crippen LogP contribution in [0.5, 0.6) is 0 Å². The summed E-state index contributed by atoms with van der Waals surface area (Å²) in [5.74, 6) is 0. The van der Waals surface area contributed by atoms with Crippen LogP contribution >= 0.6 is 22.8 Å². The van der Waals surface area contributed by atoms with Gasteiger partial charge in [-0.1, -0.05) is 46.1 Å². The second-order valence-electron chi connectivity index (χ2n) is 12.9. The molecule has 18 heteroatoms. The molecule has 1 aliphatic rings. The Kier molecular flexibility index (Phi) is 22.7. The third kappa shape index (κ3) is 19.4. The first kappa shape index (κ1) is 47.2. The zero-order valence-corrected chi connectivity index (χ0v) is 36.1. The third-order valence-corrected chi connectivity index (χ3v) is 12.4. The summed E-state index contributed by atoms with van der Waals surface area (Å²) in [6, 6.07) is 12.6. The van der Waals surface area contributed by atoms with Crippen molar-refractivity contribution in [2.45, 2.75) is 65.8 Å². The third-order valence-electron chi connectivity index (χ3n) is 8.38. The van der Waals surface area contributed by atoms with E-state index in [2.05, 4.69) is 11.0 Å². The summed E-state index contributed by atoms with van der Waals surface area (Å²) in [5.41, 5.74) is 1.66.